The summed E-state index contributed by atoms with van der Waals surface area (Å²) in [6.45, 7) is 10.5. The van der Waals surface area contributed by atoms with Gasteiger partial charge in [-0.2, -0.15) is 0 Å². The highest BCUT2D eigenvalue weighted by molar-refractivity contribution is 7.89. The lowest BCUT2D eigenvalue weighted by atomic mass is 9.39. The number of ketones is 1. The van der Waals surface area contributed by atoms with Crippen molar-refractivity contribution < 1.29 is 67.3 Å². The molecule has 1 aromatic rings. The summed E-state index contributed by atoms with van der Waals surface area (Å²) in [6.07, 6.45) is -9.70. The summed E-state index contributed by atoms with van der Waals surface area (Å²) in [5.74, 6) is -11.5. The van der Waals surface area contributed by atoms with E-state index in [1.165, 1.54) is 26.0 Å². The van der Waals surface area contributed by atoms with Crippen LogP contribution in [0.2, 0.25) is 0 Å². The Balaban J connectivity index is 1.27. The van der Waals surface area contributed by atoms with Gasteiger partial charge in [0, 0.05) is 30.1 Å². The van der Waals surface area contributed by atoms with Gasteiger partial charge in [0.1, 0.15) is 30.2 Å². The molecule has 0 bridgehead atoms. The third kappa shape index (κ3) is 4.00. The maximum Gasteiger partial charge on any atom is 0.341 e. The van der Waals surface area contributed by atoms with Crippen LogP contribution in [0.5, 0.6) is 0 Å². The molecule has 5 aliphatic carbocycles. The number of carbonyl (C=O) groups excluding carboxylic acids is 3. The van der Waals surface area contributed by atoms with E-state index in [-0.39, 0.29) is 11.3 Å². The Hall–Kier alpha value is -2.54. The Morgan fingerprint density at radius 1 is 0.944 bits per heavy atom. The van der Waals surface area contributed by atoms with E-state index in [4.69, 9.17) is 18.9 Å². The lowest BCUT2D eigenvalue weighted by molar-refractivity contribution is -0.278. The summed E-state index contributed by atoms with van der Waals surface area (Å²) in [6, 6.07) is 4.83. The number of esters is 2. The summed E-state index contributed by atoms with van der Waals surface area (Å²) in [4.78, 5) is 41.0. The summed E-state index contributed by atoms with van der Waals surface area (Å²) in [5, 5.41) is 62.8. The molecule has 1 aromatic carbocycles. The summed E-state index contributed by atoms with van der Waals surface area (Å²) in [7, 11) is -4.33. The zero-order chi connectivity index (χ0) is 39.2. The van der Waals surface area contributed by atoms with E-state index in [1.54, 1.807) is 32.9 Å². The van der Waals surface area contributed by atoms with Gasteiger partial charge in [0.15, 0.2) is 5.60 Å². The van der Waals surface area contributed by atoms with Crippen LogP contribution in [0.4, 0.5) is 0 Å². The third-order valence-electron chi connectivity index (χ3n) is 16.2. The first-order valence-electron chi connectivity index (χ1n) is 18.8. The molecule has 3 heterocycles. The van der Waals surface area contributed by atoms with Gasteiger partial charge in [-0.05, 0) is 69.9 Å². The predicted molar refractivity (Wildman–Crippen MR) is 182 cm³/mol. The van der Waals surface area contributed by atoms with E-state index in [2.05, 4.69) is 4.72 Å². The number of nitrogens with one attached hydrogen (secondary N) is 1. The molecule has 15 nitrogen and oxygen atoms in total. The van der Waals surface area contributed by atoms with Crippen molar-refractivity contribution in [3.63, 3.8) is 0 Å². The minimum atomic E-state index is -4.33. The van der Waals surface area contributed by atoms with E-state index in [0.717, 1.165) is 12.5 Å². The summed E-state index contributed by atoms with van der Waals surface area (Å²) in [5.41, 5.74) is -6.51. The van der Waals surface area contributed by atoms with Gasteiger partial charge < -0.3 is 44.5 Å². The van der Waals surface area contributed by atoms with Crippen molar-refractivity contribution in [2.45, 2.75) is 126 Å². The molecule has 9 rings (SSSR count). The van der Waals surface area contributed by atoms with Crippen LogP contribution in [-0.2, 0) is 43.4 Å². The van der Waals surface area contributed by atoms with Crippen LogP contribution in [0.1, 0.15) is 53.5 Å². The molecule has 8 aliphatic rings. The Kier molecular flexibility index (Phi) is 7.47. The smallest absolute Gasteiger partial charge is 0.341 e. The Bertz CT molecular complexity index is 1960. The molecule has 0 radical (unpaired) electrons. The number of hydrogen-bond acceptors (Lipinski definition) is 14. The van der Waals surface area contributed by atoms with Crippen molar-refractivity contribution in [3.05, 3.63) is 29.8 Å². The summed E-state index contributed by atoms with van der Waals surface area (Å²) >= 11 is 0. The number of aliphatic hydroxyl groups is 5. The first-order chi connectivity index (χ1) is 25.1. The molecule has 3 saturated heterocycles. The van der Waals surface area contributed by atoms with Gasteiger partial charge in [-0.1, -0.05) is 31.5 Å². The molecule has 5 saturated carbocycles. The average molecular weight is 776 g/mol. The zero-order valence-corrected chi connectivity index (χ0v) is 31.9. The fourth-order valence-electron chi connectivity index (χ4n) is 13.8. The molecule has 1 spiro atoms. The van der Waals surface area contributed by atoms with Gasteiger partial charge in [-0.25, -0.2) is 17.9 Å². The van der Waals surface area contributed by atoms with Crippen molar-refractivity contribution in [1.82, 2.24) is 4.72 Å². The lowest BCUT2D eigenvalue weighted by Crippen LogP contribution is -2.77. The minimum Gasteiger partial charge on any atom is -0.459 e. The zero-order valence-electron chi connectivity index (χ0n) is 31.1. The summed E-state index contributed by atoms with van der Waals surface area (Å²) < 4.78 is 54.8. The van der Waals surface area contributed by atoms with Crippen LogP contribution in [0.3, 0.4) is 0 Å². The highest BCUT2D eigenvalue weighted by Gasteiger charge is 2.93. The molecule has 6 N–H and O–H groups in total. The van der Waals surface area contributed by atoms with Crippen LogP contribution in [-0.4, -0.2) is 118 Å². The van der Waals surface area contributed by atoms with E-state index < -0.39 is 152 Å². The van der Waals surface area contributed by atoms with Crippen molar-refractivity contribution in [2.75, 3.05) is 0 Å². The number of aliphatic hydroxyl groups excluding tert-OH is 4. The number of carbonyl (C=O) groups is 3. The van der Waals surface area contributed by atoms with Gasteiger partial charge in [0.2, 0.25) is 15.8 Å². The van der Waals surface area contributed by atoms with Crippen LogP contribution in [0.15, 0.2) is 29.2 Å². The number of hydrogen-bond donors (Lipinski definition) is 6. The first kappa shape index (κ1) is 37.1. The number of epoxide rings is 2. The maximum atomic E-state index is 14.6. The molecular formula is C38H49NO14S. The third-order valence-corrected chi connectivity index (χ3v) is 17.7. The maximum absolute atomic E-state index is 14.6. The Morgan fingerprint density at radius 3 is 2.20 bits per heavy atom. The van der Waals surface area contributed by atoms with Crippen LogP contribution < -0.4 is 4.72 Å². The molecule has 21 atom stereocenters. The molecule has 3 aliphatic heterocycles. The van der Waals surface area contributed by atoms with E-state index in [1.807, 2.05) is 6.92 Å². The number of rotatable bonds is 5. The fraction of sp³-hybridized carbons (Fsp3) is 0.763. The normalized spacial score (nSPS) is 56.1. The van der Waals surface area contributed by atoms with E-state index >= 15 is 0 Å². The molecule has 0 amide bonds. The number of ether oxygens (including phenoxy) is 4. The van der Waals surface area contributed by atoms with Gasteiger partial charge in [-0.15, -0.1) is 0 Å². The Morgan fingerprint density at radius 2 is 1.59 bits per heavy atom. The highest BCUT2D eigenvalue weighted by atomic mass is 32.2. The number of sulfonamides is 1. The van der Waals surface area contributed by atoms with E-state index in [9.17, 15) is 48.3 Å². The molecule has 8 fully saturated rings. The van der Waals surface area contributed by atoms with Crippen molar-refractivity contribution >= 4 is 27.7 Å². The van der Waals surface area contributed by atoms with Gasteiger partial charge in [0.25, 0.3) is 0 Å². The predicted octanol–water partition coefficient (Wildman–Crippen LogP) is -0.433. The largest absolute Gasteiger partial charge is 0.459 e. The molecule has 1 unspecified atom stereocenters. The number of benzene rings is 1. The molecule has 296 valence electrons. The van der Waals surface area contributed by atoms with E-state index in [0.29, 0.717) is 0 Å². The highest BCUT2D eigenvalue weighted by Crippen LogP contribution is 2.80. The first-order valence-corrected chi connectivity index (χ1v) is 20.3. The topological polar surface area (TPSA) is 242 Å². The second-order valence-electron chi connectivity index (χ2n) is 18.2. The molecular weight excluding hydrogens is 726 g/mol. The second-order valence-corrected chi connectivity index (χ2v) is 19.9. The Labute approximate surface area is 312 Å². The minimum absolute atomic E-state index is 0.0673. The van der Waals surface area contributed by atoms with Crippen molar-refractivity contribution in [1.29, 1.82) is 0 Å². The molecule has 16 heteroatoms. The monoisotopic (exact) mass is 775 g/mol. The van der Waals surface area contributed by atoms with Crippen LogP contribution in [0, 0.1) is 64.6 Å². The molecule has 0 aromatic heterocycles. The van der Waals surface area contributed by atoms with Crippen molar-refractivity contribution in [3.8, 4) is 0 Å². The lowest BCUT2D eigenvalue weighted by Gasteiger charge is -2.67. The average Bonchev–Trinajstić information content (AvgIpc) is 3.99. The fourth-order valence-corrected chi connectivity index (χ4v) is 15.1. The number of aryl methyl sites for hydroxylation is 1. The van der Waals surface area contributed by atoms with Crippen LogP contribution >= 0.6 is 0 Å². The second kappa shape index (κ2) is 10.9. The number of fused-ring (bicyclic) bond motifs is 9. The van der Waals surface area contributed by atoms with Gasteiger partial charge in [-0.3, -0.25) is 9.59 Å². The van der Waals surface area contributed by atoms with Gasteiger partial charge >= 0.3 is 11.9 Å². The SMILES string of the molecule is CC(=O)O[C@H]1[C@H]2[C@@H]([C@@H](O)[C@H](NS(=O)(=O)c3ccc(C)cc3)C3C[C@@H]4O[C@@H]4[C@H](O)[C@@]32C)[C@@H]2[C@@H](O)[C@@H]3[C@H]([C@H](C)[C@H]4O[C@]45OC(=O)[C@@](C)(O)[C@]35C)[C@@]2(C(C)=O)[C@H]1O. The quantitative estimate of drug-likeness (QED) is 0.164. The van der Waals surface area contributed by atoms with Crippen LogP contribution in [0.25, 0.3) is 0 Å². The van der Waals surface area contributed by atoms with Crippen molar-refractivity contribution in [2.24, 2.45) is 57.7 Å². The molecule has 54 heavy (non-hydrogen) atoms. The van der Waals surface area contributed by atoms with Gasteiger partial charge in [0.05, 0.1) is 46.2 Å². The number of Topliss-reactive ketones (excluding diaryl/α,β-unsaturated/α-hetero) is 1. The standard InChI is InChI=1S/C38H49NO14S/c1-13-8-10-17(11-9-13)54(48,49)39-25-18-12-19-28(51-19)30(44)34(18,5)23-20(26(25)42)22-27(43)24-21(37(22,15(3)40)31(45)29(23)50-16(4)41)14(2)32-38(52-32)35(24,6)36(7,47)33(46)53-38/h8-11,14,18-32,39,42-45,47H,12H2,1-7H3/t14-,18?,19-,20-,21-,22+,23+,24-,25+,26+,27+,28-,29-,30-,31-,32+,34-,35-,36+,37+,38-/m0/s1.